The van der Waals surface area contributed by atoms with Crippen LogP contribution in [-0.4, -0.2) is 54.2 Å². The Kier molecular flexibility index (Phi) is 5.16. The molecule has 3 rings (SSSR count). The van der Waals surface area contributed by atoms with E-state index in [-0.39, 0.29) is 30.9 Å². The molecular weight excluding hydrogens is 308 g/mol. The van der Waals surface area contributed by atoms with E-state index in [4.69, 9.17) is 4.74 Å². The van der Waals surface area contributed by atoms with E-state index in [1.54, 1.807) is 18.2 Å². The highest BCUT2D eigenvalue weighted by molar-refractivity contribution is 6.23. The first-order chi connectivity index (χ1) is 11.7. The van der Waals surface area contributed by atoms with Gasteiger partial charge in [0.1, 0.15) is 5.75 Å². The first kappa shape index (κ1) is 16.9. The summed E-state index contributed by atoms with van der Waals surface area (Å²) in [6, 6.07) is 6.83. The van der Waals surface area contributed by atoms with E-state index in [0.717, 1.165) is 25.8 Å². The van der Waals surface area contributed by atoms with Crippen molar-refractivity contribution < 1.29 is 19.4 Å². The Morgan fingerprint density at radius 2 is 2.04 bits per heavy atom. The van der Waals surface area contributed by atoms with Crippen molar-refractivity contribution in [1.29, 1.82) is 0 Å². The number of para-hydroxylation sites is 2. The maximum Gasteiger partial charge on any atom is 0.251 e. The number of piperidine rings is 1. The molecule has 0 spiro atoms. The molecule has 130 valence electrons. The van der Waals surface area contributed by atoms with Gasteiger partial charge in [-0.25, -0.2) is 4.90 Å². The van der Waals surface area contributed by atoms with Gasteiger partial charge in [-0.05, 0) is 37.9 Å². The number of benzene rings is 1. The molecule has 2 saturated heterocycles. The quantitative estimate of drug-likeness (QED) is 0.829. The minimum Gasteiger partial charge on any atom is -0.495 e. The number of hydrogen-bond acceptors (Lipinski definition) is 5. The summed E-state index contributed by atoms with van der Waals surface area (Å²) in [6.45, 7) is 0.903. The van der Waals surface area contributed by atoms with Crippen LogP contribution in [0.3, 0.4) is 0 Å². The topological polar surface area (TPSA) is 70.1 Å². The maximum absolute atomic E-state index is 13.0. The highest BCUT2D eigenvalue weighted by Crippen LogP contribution is 2.35. The molecule has 2 amide bonds. The largest absolute Gasteiger partial charge is 0.495 e. The molecule has 0 aromatic heterocycles. The van der Waals surface area contributed by atoms with Gasteiger partial charge < -0.3 is 9.84 Å². The smallest absolute Gasteiger partial charge is 0.251 e. The number of carbonyl (C=O) groups is 2. The van der Waals surface area contributed by atoms with E-state index in [9.17, 15) is 14.7 Å². The van der Waals surface area contributed by atoms with E-state index in [0.29, 0.717) is 17.9 Å². The number of hydrogen-bond donors (Lipinski definition) is 1. The zero-order chi connectivity index (χ0) is 17.1. The zero-order valence-electron chi connectivity index (χ0n) is 14.0. The highest BCUT2D eigenvalue weighted by Gasteiger charge is 2.45. The summed E-state index contributed by atoms with van der Waals surface area (Å²) in [5.74, 6) is 0.141. The molecule has 2 heterocycles. The lowest BCUT2D eigenvalue weighted by atomic mass is 9.97. The number of imide groups is 1. The second kappa shape index (κ2) is 7.32. The van der Waals surface area contributed by atoms with Crippen molar-refractivity contribution in [3.63, 3.8) is 0 Å². The third-order valence-corrected chi connectivity index (χ3v) is 4.98. The lowest BCUT2D eigenvalue weighted by Gasteiger charge is -2.38. The second-order valence-corrected chi connectivity index (χ2v) is 6.36. The first-order valence-electron chi connectivity index (χ1n) is 8.53. The molecule has 1 N–H and O–H groups in total. The van der Waals surface area contributed by atoms with Crippen molar-refractivity contribution >= 4 is 17.5 Å². The van der Waals surface area contributed by atoms with Crippen molar-refractivity contribution in [3.8, 4) is 5.75 Å². The molecule has 0 aliphatic carbocycles. The lowest BCUT2D eigenvalue weighted by Crippen LogP contribution is -2.50. The first-order valence-corrected chi connectivity index (χ1v) is 8.53. The predicted octanol–water partition coefficient (Wildman–Crippen LogP) is 1.56. The SMILES string of the molecule is COc1ccccc1N1C(=O)C[C@@H](N2CCCC[C@H]2CCO)C1=O. The molecule has 24 heavy (non-hydrogen) atoms. The average Bonchev–Trinajstić information content (AvgIpc) is 2.90. The van der Waals surface area contributed by atoms with Gasteiger partial charge in [0.25, 0.3) is 5.91 Å². The second-order valence-electron chi connectivity index (χ2n) is 6.36. The van der Waals surface area contributed by atoms with Crippen molar-refractivity contribution in [3.05, 3.63) is 24.3 Å². The van der Waals surface area contributed by atoms with Gasteiger partial charge in [0, 0.05) is 12.6 Å². The Hall–Kier alpha value is -1.92. The summed E-state index contributed by atoms with van der Waals surface area (Å²) in [5, 5.41) is 9.29. The maximum atomic E-state index is 13.0. The standard InChI is InChI=1S/C18H24N2O4/c1-24-16-8-3-2-7-14(16)20-17(22)12-15(18(20)23)19-10-5-4-6-13(19)9-11-21/h2-3,7-8,13,15,21H,4-6,9-12H2,1H3/t13-,15+/m0/s1. The van der Waals surface area contributed by atoms with Gasteiger partial charge in [0.2, 0.25) is 5.91 Å². The Bertz CT molecular complexity index is 617. The molecule has 6 nitrogen and oxygen atoms in total. The fourth-order valence-corrected chi connectivity index (χ4v) is 3.83. The third-order valence-electron chi connectivity index (χ3n) is 4.98. The Morgan fingerprint density at radius 1 is 1.25 bits per heavy atom. The van der Waals surface area contributed by atoms with Gasteiger partial charge in [0.15, 0.2) is 0 Å². The Morgan fingerprint density at radius 3 is 2.79 bits per heavy atom. The Labute approximate surface area is 142 Å². The highest BCUT2D eigenvalue weighted by atomic mass is 16.5. The summed E-state index contributed by atoms with van der Waals surface area (Å²) in [7, 11) is 1.53. The molecular formula is C18H24N2O4. The zero-order valence-corrected chi connectivity index (χ0v) is 14.0. The summed E-state index contributed by atoms with van der Waals surface area (Å²) >= 11 is 0. The number of aliphatic hydroxyl groups excluding tert-OH is 1. The Balaban J connectivity index is 1.86. The van der Waals surface area contributed by atoms with Crippen LogP contribution in [0.25, 0.3) is 0 Å². The van der Waals surface area contributed by atoms with Crippen molar-refractivity contribution in [2.75, 3.05) is 25.2 Å². The molecule has 2 fully saturated rings. The summed E-state index contributed by atoms with van der Waals surface area (Å²) in [6.07, 6.45) is 3.93. The molecule has 0 radical (unpaired) electrons. The third kappa shape index (κ3) is 3.03. The van der Waals surface area contributed by atoms with Gasteiger partial charge in [-0.1, -0.05) is 18.6 Å². The monoisotopic (exact) mass is 332 g/mol. The van der Waals surface area contributed by atoms with Crippen molar-refractivity contribution in [2.24, 2.45) is 0 Å². The van der Waals surface area contributed by atoms with E-state index in [1.807, 2.05) is 6.07 Å². The van der Waals surface area contributed by atoms with Crippen LogP contribution in [0.15, 0.2) is 24.3 Å². The number of carbonyl (C=O) groups excluding carboxylic acids is 2. The number of aliphatic hydroxyl groups is 1. The molecule has 2 aliphatic heterocycles. The molecule has 0 saturated carbocycles. The van der Waals surface area contributed by atoms with E-state index in [1.165, 1.54) is 12.0 Å². The van der Waals surface area contributed by atoms with Crippen LogP contribution in [0.4, 0.5) is 5.69 Å². The van der Waals surface area contributed by atoms with Crippen molar-refractivity contribution in [2.45, 2.75) is 44.2 Å². The summed E-state index contributed by atoms with van der Waals surface area (Å²) in [5.41, 5.74) is 0.508. The van der Waals surface area contributed by atoms with Gasteiger partial charge in [-0.15, -0.1) is 0 Å². The molecule has 1 aromatic rings. The normalized spacial score (nSPS) is 25.3. The van der Waals surface area contributed by atoms with Gasteiger partial charge in [0.05, 0.1) is 25.3 Å². The molecule has 6 heteroatoms. The molecule has 0 bridgehead atoms. The van der Waals surface area contributed by atoms with E-state index >= 15 is 0 Å². The fraction of sp³-hybridized carbons (Fsp3) is 0.556. The summed E-state index contributed by atoms with van der Waals surface area (Å²) in [4.78, 5) is 28.9. The molecule has 1 aromatic carbocycles. The number of anilines is 1. The van der Waals surface area contributed by atoms with Crippen LogP contribution >= 0.6 is 0 Å². The summed E-state index contributed by atoms with van der Waals surface area (Å²) < 4.78 is 5.30. The molecule has 2 atom stereocenters. The minimum absolute atomic E-state index is 0.103. The fourth-order valence-electron chi connectivity index (χ4n) is 3.83. The predicted molar refractivity (Wildman–Crippen MR) is 89.9 cm³/mol. The van der Waals surface area contributed by atoms with Gasteiger partial charge in [-0.2, -0.15) is 0 Å². The number of likely N-dealkylation sites (tertiary alicyclic amines) is 1. The number of nitrogens with zero attached hydrogens (tertiary/aromatic N) is 2. The van der Waals surface area contributed by atoms with Gasteiger partial charge in [-0.3, -0.25) is 14.5 Å². The lowest BCUT2D eigenvalue weighted by molar-refractivity contribution is -0.124. The van der Waals surface area contributed by atoms with Crippen molar-refractivity contribution in [1.82, 2.24) is 4.90 Å². The number of methoxy groups -OCH3 is 1. The van der Waals surface area contributed by atoms with Gasteiger partial charge >= 0.3 is 0 Å². The molecule has 0 unspecified atom stereocenters. The van der Waals surface area contributed by atoms with Crippen LogP contribution in [0.5, 0.6) is 5.75 Å². The van der Waals surface area contributed by atoms with Crippen LogP contribution in [0.1, 0.15) is 32.1 Å². The molecule has 2 aliphatic rings. The van der Waals surface area contributed by atoms with Crippen LogP contribution in [0, 0.1) is 0 Å². The van der Waals surface area contributed by atoms with E-state index in [2.05, 4.69) is 4.90 Å². The number of rotatable bonds is 5. The van der Waals surface area contributed by atoms with E-state index < -0.39 is 6.04 Å². The van der Waals surface area contributed by atoms with Crippen LogP contribution in [0.2, 0.25) is 0 Å². The minimum atomic E-state index is -0.431. The van der Waals surface area contributed by atoms with Crippen LogP contribution in [-0.2, 0) is 9.59 Å². The number of amides is 2. The van der Waals surface area contributed by atoms with Crippen LogP contribution < -0.4 is 9.64 Å². The number of ether oxygens (including phenoxy) is 1. The average molecular weight is 332 g/mol.